The molecule has 0 bridgehead atoms. The number of carbonyl (C=O) groups is 2. The number of aldehydes is 1. The average Bonchev–Trinajstić information content (AvgIpc) is 2.58. The van der Waals surface area contributed by atoms with E-state index in [9.17, 15) is 9.59 Å². The van der Waals surface area contributed by atoms with Gasteiger partial charge in [-0.25, -0.2) is 9.78 Å². The number of rotatable bonds is 2. The second-order valence-electron chi connectivity index (χ2n) is 2.71. The van der Waals surface area contributed by atoms with Gasteiger partial charge in [0.25, 0.3) is 5.19 Å². The second kappa shape index (κ2) is 3.66. The third kappa shape index (κ3) is 1.79. The molecule has 1 heterocycles. The molecule has 0 aliphatic rings. The SMILES string of the molecule is NC(=O)Oc1nc2c(C=O)cccc2s1. The van der Waals surface area contributed by atoms with Gasteiger partial charge in [0, 0.05) is 5.56 Å². The van der Waals surface area contributed by atoms with Crippen LogP contribution in [0.4, 0.5) is 4.79 Å². The molecule has 2 N–H and O–H groups in total. The number of amides is 1. The van der Waals surface area contributed by atoms with E-state index in [4.69, 9.17) is 5.73 Å². The Morgan fingerprint density at radius 3 is 3.00 bits per heavy atom. The van der Waals surface area contributed by atoms with Crippen LogP contribution in [0.15, 0.2) is 18.2 Å². The Labute approximate surface area is 88.5 Å². The van der Waals surface area contributed by atoms with Gasteiger partial charge in [-0.05, 0) is 12.1 Å². The molecule has 2 rings (SSSR count). The Morgan fingerprint density at radius 2 is 2.33 bits per heavy atom. The maximum absolute atomic E-state index is 10.7. The van der Waals surface area contributed by atoms with Gasteiger partial charge in [-0.3, -0.25) is 4.79 Å². The minimum absolute atomic E-state index is 0.145. The molecule has 5 nitrogen and oxygen atoms in total. The monoisotopic (exact) mass is 222 g/mol. The molecule has 0 aliphatic carbocycles. The lowest BCUT2D eigenvalue weighted by atomic mass is 10.2. The number of nitrogens with zero attached hydrogens (tertiary/aromatic N) is 1. The molecule has 76 valence electrons. The molecule has 0 unspecified atom stereocenters. The van der Waals surface area contributed by atoms with Gasteiger partial charge in [0.2, 0.25) is 0 Å². The van der Waals surface area contributed by atoms with Crippen molar-refractivity contribution < 1.29 is 14.3 Å². The van der Waals surface area contributed by atoms with Gasteiger partial charge in [0.1, 0.15) is 0 Å². The molecule has 15 heavy (non-hydrogen) atoms. The summed E-state index contributed by atoms with van der Waals surface area (Å²) in [5.74, 6) is 0. The number of primary amides is 1. The van der Waals surface area contributed by atoms with Crippen molar-refractivity contribution in [2.45, 2.75) is 0 Å². The third-order valence-electron chi connectivity index (χ3n) is 1.75. The van der Waals surface area contributed by atoms with Crippen molar-refractivity contribution in [1.29, 1.82) is 0 Å². The molecule has 0 saturated heterocycles. The zero-order valence-corrected chi connectivity index (χ0v) is 8.28. The van der Waals surface area contributed by atoms with Gasteiger partial charge in [-0.2, -0.15) is 0 Å². The zero-order chi connectivity index (χ0) is 10.8. The highest BCUT2D eigenvalue weighted by Crippen LogP contribution is 2.29. The highest BCUT2D eigenvalue weighted by Gasteiger charge is 2.09. The molecular formula is C9H6N2O3S. The number of hydrogen-bond acceptors (Lipinski definition) is 5. The summed E-state index contributed by atoms with van der Waals surface area (Å²) in [6, 6.07) is 5.16. The Balaban J connectivity index is 2.54. The normalized spacial score (nSPS) is 10.1. The van der Waals surface area contributed by atoms with Crippen LogP contribution in [-0.2, 0) is 0 Å². The van der Waals surface area contributed by atoms with Gasteiger partial charge < -0.3 is 10.5 Å². The summed E-state index contributed by atoms with van der Waals surface area (Å²) in [6.07, 6.45) is -0.211. The molecule has 0 fully saturated rings. The summed E-state index contributed by atoms with van der Waals surface area (Å²) >= 11 is 1.16. The molecule has 0 radical (unpaired) electrons. The Bertz CT molecular complexity index is 535. The number of hydrogen-bond donors (Lipinski definition) is 1. The van der Waals surface area contributed by atoms with Crippen molar-refractivity contribution in [1.82, 2.24) is 4.98 Å². The quantitative estimate of drug-likeness (QED) is 0.782. The first kappa shape index (κ1) is 9.60. The van der Waals surface area contributed by atoms with Gasteiger partial charge in [0.05, 0.1) is 10.2 Å². The predicted molar refractivity (Wildman–Crippen MR) is 55.2 cm³/mol. The van der Waals surface area contributed by atoms with E-state index in [1.807, 2.05) is 0 Å². The van der Waals surface area contributed by atoms with E-state index in [2.05, 4.69) is 9.72 Å². The lowest BCUT2D eigenvalue weighted by molar-refractivity contribution is 0.112. The molecular weight excluding hydrogens is 216 g/mol. The van der Waals surface area contributed by atoms with Crippen LogP contribution in [0, 0.1) is 0 Å². The number of carbonyl (C=O) groups excluding carboxylic acids is 2. The van der Waals surface area contributed by atoms with E-state index >= 15 is 0 Å². The summed E-state index contributed by atoms with van der Waals surface area (Å²) in [5.41, 5.74) is 5.84. The molecule has 1 amide bonds. The van der Waals surface area contributed by atoms with Gasteiger partial charge in [0.15, 0.2) is 6.29 Å². The predicted octanol–water partition coefficient (Wildman–Crippen LogP) is 1.57. The molecule has 0 atom stereocenters. The van der Waals surface area contributed by atoms with Gasteiger partial charge in [-0.15, -0.1) is 0 Å². The average molecular weight is 222 g/mol. The fourth-order valence-electron chi connectivity index (χ4n) is 1.17. The number of nitrogens with two attached hydrogens (primary N) is 1. The molecule has 0 aliphatic heterocycles. The smallest absolute Gasteiger partial charge is 0.381 e. The molecule has 2 aromatic rings. The van der Waals surface area contributed by atoms with Crippen LogP contribution in [0.3, 0.4) is 0 Å². The fraction of sp³-hybridized carbons (Fsp3) is 0. The van der Waals surface area contributed by atoms with Crippen LogP contribution < -0.4 is 10.5 Å². The van der Waals surface area contributed by atoms with Crippen molar-refractivity contribution in [3.63, 3.8) is 0 Å². The minimum Gasteiger partial charge on any atom is -0.381 e. The first-order chi connectivity index (χ1) is 7.20. The van der Waals surface area contributed by atoms with Crippen molar-refractivity contribution in [3.05, 3.63) is 23.8 Å². The van der Waals surface area contributed by atoms with Crippen LogP contribution in [0.2, 0.25) is 0 Å². The van der Waals surface area contributed by atoms with Crippen LogP contribution >= 0.6 is 11.3 Å². The maximum atomic E-state index is 10.7. The molecule has 1 aromatic heterocycles. The number of ether oxygens (including phenoxy) is 1. The number of thiazole rings is 1. The van der Waals surface area contributed by atoms with E-state index in [1.165, 1.54) is 0 Å². The van der Waals surface area contributed by atoms with E-state index in [0.29, 0.717) is 17.4 Å². The number of para-hydroxylation sites is 1. The topological polar surface area (TPSA) is 82.3 Å². The zero-order valence-electron chi connectivity index (χ0n) is 7.47. The summed E-state index contributed by atoms with van der Waals surface area (Å²) in [5, 5.41) is 0.145. The first-order valence-corrected chi connectivity index (χ1v) is 4.84. The fourth-order valence-corrected chi connectivity index (χ4v) is 2.03. The van der Waals surface area contributed by atoms with Crippen LogP contribution in [0.25, 0.3) is 10.2 Å². The Morgan fingerprint density at radius 1 is 1.53 bits per heavy atom. The Hall–Kier alpha value is -1.95. The highest BCUT2D eigenvalue weighted by molar-refractivity contribution is 7.20. The first-order valence-electron chi connectivity index (χ1n) is 4.02. The maximum Gasteiger partial charge on any atom is 0.411 e. The minimum atomic E-state index is -0.915. The number of aromatic nitrogens is 1. The van der Waals surface area contributed by atoms with Crippen LogP contribution in [0.1, 0.15) is 10.4 Å². The summed E-state index contributed by atoms with van der Waals surface area (Å²) in [7, 11) is 0. The summed E-state index contributed by atoms with van der Waals surface area (Å²) in [4.78, 5) is 25.2. The molecule has 0 saturated carbocycles. The van der Waals surface area contributed by atoms with Crippen molar-refractivity contribution in [3.8, 4) is 5.19 Å². The van der Waals surface area contributed by atoms with Crippen molar-refractivity contribution >= 4 is 33.9 Å². The van der Waals surface area contributed by atoms with Crippen molar-refractivity contribution in [2.75, 3.05) is 0 Å². The van der Waals surface area contributed by atoms with Crippen molar-refractivity contribution in [2.24, 2.45) is 5.73 Å². The summed E-state index contributed by atoms with van der Waals surface area (Å²) in [6.45, 7) is 0. The van der Waals surface area contributed by atoms with Crippen LogP contribution in [0.5, 0.6) is 5.19 Å². The number of benzene rings is 1. The molecule has 6 heteroatoms. The largest absolute Gasteiger partial charge is 0.411 e. The van der Waals surface area contributed by atoms with Gasteiger partial charge >= 0.3 is 6.09 Å². The lowest BCUT2D eigenvalue weighted by Gasteiger charge is -1.91. The highest BCUT2D eigenvalue weighted by atomic mass is 32.1. The molecule has 1 aromatic carbocycles. The lowest BCUT2D eigenvalue weighted by Crippen LogP contribution is -2.15. The van der Waals surface area contributed by atoms with E-state index < -0.39 is 6.09 Å². The standard InChI is InChI=1S/C9H6N2O3S/c10-8(13)14-9-11-7-5(4-12)2-1-3-6(7)15-9/h1-4H,(H2,10,13). The van der Waals surface area contributed by atoms with Crippen LogP contribution in [-0.4, -0.2) is 17.4 Å². The van der Waals surface area contributed by atoms with E-state index in [0.717, 1.165) is 16.0 Å². The van der Waals surface area contributed by atoms with E-state index in [1.54, 1.807) is 18.2 Å². The van der Waals surface area contributed by atoms with Gasteiger partial charge in [-0.1, -0.05) is 17.4 Å². The third-order valence-corrected chi connectivity index (χ3v) is 2.64. The second-order valence-corrected chi connectivity index (χ2v) is 3.71. The Kier molecular flexibility index (Phi) is 2.34. The van der Waals surface area contributed by atoms with E-state index in [-0.39, 0.29) is 5.19 Å². The number of fused-ring (bicyclic) bond motifs is 1. The molecule has 0 spiro atoms. The summed E-state index contributed by atoms with van der Waals surface area (Å²) < 4.78 is 5.40.